The van der Waals surface area contributed by atoms with E-state index in [2.05, 4.69) is 40.7 Å². The zero-order chi connectivity index (χ0) is 39.1. The van der Waals surface area contributed by atoms with Crippen LogP contribution in [0.5, 0.6) is 0 Å². The number of aliphatic hydroxyl groups is 1. The number of hydrogen-bond acceptors (Lipinski definition) is 7. The van der Waals surface area contributed by atoms with Crippen molar-refractivity contribution in [2.45, 2.75) is 135 Å². The van der Waals surface area contributed by atoms with Gasteiger partial charge in [0.1, 0.15) is 0 Å². The molecular formula is C45H59N3O7. The molecule has 2 heterocycles. The van der Waals surface area contributed by atoms with Crippen LogP contribution in [0, 0.1) is 11.8 Å². The number of amides is 2. The number of nitrogens with zero attached hydrogens (tertiary/aromatic N) is 1. The summed E-state index contributed by atoms with van der Waals surface area (Å²) >= 11 is 0. The second kappa shape index (κ2) is 18.2. The number of rotatable bonds is 13. The molecule has 0 radical (unpaired) electrons. The number of benzene rings is 3. The third-order valence-electron chi connectivity index (χ3n) is 11.5. The third-order valence-corrected chi connectivity index (χ3v) is 11.5. The summed E-state index contributed by atoms with van der Waals surface area (Å²) in [6, 6.07) is 24.3. The third kappa shape index (κ3) is 10.6. The van der Waals surface area contributed by atoms with Crippen LogP contribution in [0.3, 0.4) is 0 Å². The second-order valence-electron chi connectivity index (χ2n) is 16.8. The fourth-order valence-electron chi connectivity index (χ4n) is 8.68. The molecule has 6 rings (SSSR count). The Kier molecular flexibility index (Phi) is 13.5. The Morgan fingerprint density at radius 3 is 2.29 bits per heavy atom. The van der Waals surface area contributed by atoms with Gasteiger partial charge >= 0.3 is 5.97 Å². The predicted molar refractivity (Wildman–Crippen MR) is 212 cm³/mol. The van der Waals surface area contributed by atoms with Crippen molar-refractivity contribution in [3.8, 4) is 11.1 Å². The van der Waals surface area contributed by atoms with Crippen molar-refractivity contribution in [1.82, 2.24) is 15.5 Å². The Morgan fingerprint density at radius 2 is 1.56 bits per heavy atom. The maximum absolute atomic E-state index is 13.9. The molecule has 3 fully saturated rings. The number of likely N-dealkylation sites (tertiary alicyclic amines) is 1. The Balaban J connectivity index is 1.26. The Hall–Kier alpha value is -4.09. The molecule has 0 aromatic heterocycles. The zero-order valence-corrected chi connectivity index (χ0v) is 32.8. The van der Waals surface area contributed by atoms with Gasteiger partial charge in [-0.15, -0.1) is 0 Å². The topological polar surface area (TPSA) is 137 Å². The highest BCUT2D eigenvalue weighted by atomic mass is 16.7. The maximum atomic E-state index is 13.9. The lowest BCUT2D eigenvalue weighted by Crippen LogP contribution is -2.61. The van der Waals surface area contributed by atoms with E-state index in [4.69, 9.17) is 14.6 Å². The van der Waals surface area contributed by atoms with Crippen molar-refractivity contribution < 1.29 is 34.1 Å². The van der Waals surface area contributed by atoms with Gasteiger partial charge in [-0.05, 0) is 98.7 Å². The van der Waals surface area contributed by atoms with Gasteiger partial charge in [-0.25, -0.2) is 0 Å². The van der Waals surface area contributed by atoms with Crippen molar-refractivity contribution in [3.05, 3.63) is 95.1 Å². The highest BCUT2D eigenvalue weighted by Crippen LogP contribution is 2.45. The highest BCUT2D eigenvalue weighted by Gasteiger charge is 2.46. The molecule has 4 N–H and O–H groups in total. The summed E-state index contributed by atoms with van der Waals surface area (Å²) in [4.78, 5) is 39.5. The fraction of sp³-hybridized carbons (Fsp3) is 0.533. The van der Waals surface area contributed by atoms with Gasteiger partial charge in [0, 0.05) is 49.0 Å². The SMILES string of the molecule is C[C@H]1[C@@H](CN2[C@@H](C(=O)NC(C)(C)C)CC[C@H]3CCCC[C@H]32)O[C@@H](c2cccc(-c3cccc(CNC(=O)CCCC(=O)O)c3)c2)O[C@H]1c1ccc(CO)cc1. The van der Waals surface area contributed by atoms with Crippen molar-refractivity contribution in [3.63, 3.8) is 0 Å². The predicted octanol–water partition coefficient (Wildman–Crippen LogP) is 7.45. The molecule has 3 aromatic carbocycles. The van der Waals surface area contributed by atoms with Gasteiger partial charge in [-0.2, -0.15) is 0 Å². The first-order chi connectivity index (χ1) is 26.4. The van der Waals surface area contributed by atoms with Crippen LogP contribution in [0.15, 0.2) is 72.8 Å². The first-order valence-corrected chi connectivity index (χ1v) is 20.1. The van der Waals surface area contributed by atoms with E-state index in [1.54, 1.807) is 0 Å². The average molecular weight is 754 g/mol. The summed E-state index contributed by atoms with van der Waals surface area (Å²) in [7, 11) is 0. The number of aliphatic hydroxyl groups excluding tert-OH is 1. The van der Waals surface area contributed by atoms with E-state index < -0.39 is 12.3 Å². The molecule has 2 aliphatic heterocycles. The highest BCUT2D eigenvalue weighted by molar-refractivity contribution is 5.82. The Bertz CT molecular complexity index is 1770. The van der Waals surface area contributed by atoms with Crippen LogP contribution in [0.1, 0.15) is 120 Å². The minimum Gasteiger partial charge on any atom is -0.481 e. The van der Waals surface area contributed by atoms with E-state index in [-0.39, 0.29) is 61.0 Å². The quantitative estimate of drug-likeness (QED) is 0.141. The number of fused-ring (bicyclic) bond motifs is 1. The van der Waals surface area contributed by atoms with Crippen molar-refractivity contribution in [1.29, 1.82) is 0 Å². The first-order valence-electron chi connectivity index (χ1n) is 20.1. The number of carbonyl (C=O) groups excluding carboxylic acids is 2. The Morgan fingerprint density at radius 1 is 0.836 bits per heavy atom. The van der Waals surface area contributed by atoms with Crippen LogP contribution >= 0.6 is 0 Å². The summed E-state index contributed by atoms with van der Waals surface area (Å²) in [5.74, 6) is -0.424. The van der Waals surface area contributed by atoms with Crippen LogP contribution in [-0.4, -0.2) is 63.2 Å². The number of ether oxygens (including phenoxy) is 2. The van der Waals surface area contributed by atoms with E-state index in [0.717, 1.165) is 52.6 Å². The molecule has 1 aliphatic carbocycles. The maximum Gasteiger partial charge on any atom is 0.303 e. The molecule has 7 atom stereocenters. The summed E-state index contributed by atoms with van der Waals surface area (Å²) < 4.78 is 13.9. The number of carbonyl (C=O) groups is 3. The Labute approximate surface area is 326 Å². The van der Waals surface area contributed by atoms with Gasteiger partial charge < -0.3 is 30.3 Å². The molecule has 0 bridgehead atoms. The number of carboxylic acid groups (broad SMARTS) is 1. The smallest absolute Gasteiger partial charge is 0.303 e. The van der Waals surface area contributed by atoms with Crippen molar-refractivity contribution in [2.24, 2.45) is 11.8 Å². The summed E-state index contributed by atoms with van der Waals surface area (Å²) in [6.07, 6.45) is 5.90. The average Bonchev–Trinajstić information content (AvgIpc) is 3.17. The number of hydrogen-bond donors (Lipinski definition) is 4. The number of piperidine rings is 1. The first kappa shape index (κ1) is 40.6. The van der Waals surface area contributed by atoms with Gasteiger partial charge in [0.2, 0.25) is 11.8 Å². The van der Waals surface area contributed by atoms with Crippen LogP contribution in [0.25, 0.3) is 11.1 Å². The number of aliphatic carboxylic acids is 1. The molecule has 55 heavy (non-hydrogen) atoms. The van der Waals surface area contributed by atoms with Gasteiger partial charge in [0.15, 0.2) is 6.29 Å². The molecular weight excluding hydrogens is 695 g/mol. The zero-order valence-electron chi connectivity index (χ0n) is 32.8. The fourth-order valence-corrected chi connectivity index (χ4v) is 8.68. The van der Waals surface area contributed by atoms with E-state index >= 15 is 0 Å². The molecule has 0 unspecified atom stereocenters. The molecule has 3 aliphatic rings. The molecule has 3 aromatic rings. The van der Waals surface area contributed by atoms with Crippen molar-refractivity contribution >= 4 is 17.8 Å². The molecule has 10 heteroatoms. The molecule has 2 amide bonds. The number of carboxylic acids is 1. The molecule has 0 spiro atoms. The van der Waals surface area contributed by atoms with Gasteiger partial charge in [-0.3, -0.25) is 19.3 Å². The standard InChI is InChI=1S/C45H59N3O7/c1-29-39(27-48-37-15-6-5-11-32(37)22-23-38(48)43(53)47-45(2,3)4)54-44(55-42(29)33-20-18-30(28-49)19-21-33)36-14-8-13-35(25-36)34-12-7-10-31(24-34)26-46-40(50)16-9-17-41(51)52/h7-8,10,12-14,18-21,24-25,29,32,37-39,42,44,49H,5-6,9,11,15-17,22-23,26-28H2,1-4H3,(H,46,50)(H,47,53)(H,51,52)/t29-,32+,37+,38+,39+,42+,44+/m0/s1. The minimum atomic E-state index is -0.905. The van der Waals surface area contributed by atoms with Gasteiger partial charge in [0.05, 0.1) is 24.9 Å². The molecule has 10 nitrogen and oxygen atoms in total. The van der Waals surface area contributed by atoms with Crippen LogP contribution in [-0.2, 0) is 37.0 Å². The lowest BCUT2D eigenvalue weighted by atomic mass is 9.75. The largest absolute Gasteiger partial charge is 0.481 e. The van der Waals surface area contributed by atoms with Crippen LogP contribution < -0.4 is 10.6 Å². The van der Waals surface area contributed by atoms with Crippen molar-refractivity contribution in [2.75, 3.05) is 6.54 Å². The lowest BCUT2D eigenvalue weighted by Gasteiger charge is -2.51. The van der Waals surface area contributed by atoms with Gasteiger partial charge in [0.25, 0.3) is 0 Å². The second-order valence-corrected chi connectivity index (χ2v) is 16.8. The van der Waals surface area contributed by atoms with Crippen LogP contribution in [0.4, 0.5) is 0 Å². The minimum absolute atomic E-state index is 0.0225. The molecule has 1 saturated carbocycles. The van der Waals surface area contributed by atoms with E-state index in [1.807, 2.05) is 75.4 Å². The van der Waals surface area contributed by atoms with E-state index in [1.165, 1.54) is 19.3 Å². The molecule has 2 saturated heterocycles. The summed E-state index contributed by atoms with van der Waals surface area (Å²) in [6.45, 7) is 9.24. The van der Waals surface area contributed by atoms with Gasteiger partial charge in [-0.1, -0.05) is 80.4 Å². The number of nitrogens with one attached hydrogen (secondary N) is 2. The summed E-state index contributed by atoms with van der Waals surface area (Å²) in [5, 5.41) is 24.8. The molecule has 296 valence electrons. The van der Waals surface area contributed by atoms with E-state index in [9.17, 15) is 19.5 Å². The normalized spacial score (nSPS) is 25.8. The van der Waals surface area contributed by atoms with Crippen LogP contribution in [0.2, 0.25) is 0 Å². The lowest BCUT2D eigenvalue weighted by molar-refractivity contribution is -0.278. The summed E-state index contributed by atoms with van der Waals surface area (Å²) in [5.41, 5.74) is 5.33. The monoisotopic (exact) mass is 753 g/mol. The van der Waals surface area contributed by atoms with E-state index in [0.29, 0.717) is 31.5 Å².